The molecule has 0 radical (unpaired) electrons. The lowest BCUT2D eigenvalue weighted by Gasteiger charge is -2.20. The van der Waals surface area contributed by atoms with Crippen LogP contribution in [0.2, 0.25) is 0 Å². The summed E-state index contributed by atoms with van der Waals surface area (Å²) in [5, 5.41) is 4.13. The van der Waals surface area contributed by atoms with E-state index in [0.29, 0.717) is 17.1 Å². The Morgan fingerprint density at radius 1 is 1.25 bits per heavy atom. The lowest BCUT2D eigenvalue weighted by atomic mass is 10.2. The minimum Gasteiger partial charge on any atom is -0.372 e. The van der Waals surface area contributed by atoms with E-state index in [2.05, 4.69) is 61.3 Å². The van der Waals surface area contributed by atoms with Gasteiger partial charge in [-0.05, 0) is 31.5 Å². The molecule has 24 heavy (non-hydrogen) atoms. The van der Waals surface area contributed by atoms with E-state index in [1.165, 1.54) is 12.0 Å². The second-order valence-electron chi connectivity index (χ2n) is 5.15. The minimum atomic E-state index is -0.267. The van der Waals surface area contributed by atoms with Crippen LogP contribution in [0.5, 0.6) is 0 Å². The van der Waals surface area contributed by atoms with E-state index in [1.54, 1.807) is 6.21 Å². The Bertz CT molecular complexity index is 891. The maximum Gasteiger partial charge on any atom is 0.276 e. The second-order valence-corrected chi connectivity index (χ2v) is 5.15. The van der Waals surface area contributed by atoms with Gasteiger partial charge in [-0.1, -0.05) is 12.1 Å². The molecule has 0 unspecified atom stereocenters. The average molecular weight is 325 g/mol. The van der Waals surface area contributed by atoms with Crippen molar-refractivity contribution in [1.29, 1.82) is 0 Å². The number of nitrogens with zero attached hydrogens (tertiary/aromatic N) is 4. The van der Waals surface area contributed by atoms with Gasteiger partial charge in [-0.3, -0.25) is 4.79 Å². The van der Waals surface area contributed by atoms with Crippen LogP contribution in [0.3, 0.4) is 0 Å². The third-order valence-electron chi connectivity index (χ3n) is 3.70. The van der Waals surface area contributed by atoms with Gasteiger partial charge in [0.2, 0.25) is 5.95 Å². The maximum absolute atomic E-state index is 11.6. The molecule has 0 atom stereocenters. The molecule has 0 amide bonds. The highest BCUT2D eigenvalue weighted by Gasteiger charge is 2.05. The van der Waals surface area contributed by atoms with Crippen molar-refractivity contribution < 1.29 is 0 Å². The van der Waals surface area contributed by atoms with Crippen molar-refractivity contribution in [2.24, 2.45) is 5.10 Å². The fraction of sp³-hybridized carbons (Fsp3) is 0.250. The Kier molecular flexibility index (Phi) is 4.55. The van der Waals surface area contributed by atoms with Gasteiger partial charge in [0.05, 0.1) is 12.5 Å². The van der Waals surface area contributed by atoms with Crippen molar-refractivity contribution in [3.05, 3.63) is 46.5 Å². The fourth-order valence-electron chi connectivity index (χ4n) is 2.42. The molecule has 3 aromatic rings. The number of imidazole rings is 1. The predicted octanol–water partition coefficient (Wildman–Crippen LogP) is 1.94. The Labute approximate surface area is 138 Å². The quantitative estimate of drug-likeness (QED) is 0.475. The van der Waals surface area contributed by atoms with Gasteiger partial charge < -0.3 is 14.9 Å². The van der Waals surface area contributed by atoms with Gasteiger partial charge in [0.1, 0.15) is 0 Å². The van der Waals surface area contributed by atoms with Gasteiger partial charge in [0.25, 0.3) is 5.56 Å². The molecule has 124 valence electrons. The van der Waals surface area contributed by atoms with Crippen molar-refractivity contribution in [3.8, 4) is 0 Å². The van der Waals surface area contributed by atoms with E-state index in [4.69, 9.17) is 0 Å². The van der Waals surface area contributed by atoms with Crippen LogP contribution in [0, 0.1) is 0 Å². The topological polar surface area (TPSA) is 102 Å². The standard InChI is InChI=1S/C16H19N7O/c1-3-23(4-2)12-7-5-11(6-8-12)9-19-22-16-20-13-14(21-16)17-10-18-15(13)24/h5-10H,3-4H2,1-2H3,(H3,17,18,20,21,22,24). The number of anilines is 2. The first-order valence-corrected chi connectivity index (χ1v) is 7.78. The lowest BCUT2D eigenvalue weighted by molar-refractivity contribution is 0.866. The summed E-state index contributed by atoms with van der Waals surface area (Å²) in [4.78, 5) is 27.3. The highest BCUT2D eigenvalue weighted by atomic mass is 16.1. The van der Waals surface area contributed by atoms with E-state index in [9.17, 15) is 4.79 Å². The van der Waals surface area contributed by atoms with Gasteiger partial charge in [-0.2, -0.15) is 10.1 Å². The molecule has 0 fully saturated rings. The van der Waals surface area contributed by atoms with Crippen molar-refractivity contribution in [3.63, 3.8) is 0 Å². The number of nitrogens with one attached hydrogen (secondary N) is 3. The summed E-state index contributed by atoms with van der Waals surface area (Å²) in [6.45, 7) is 6.22. The van der Waals surface area contributed by atoms with Crippen LogP contribution in [0.25, 0.3) is 11.2 Å². The SMILES string of the molecule is CCN(CC)c1ccc(C=NNc2nc3nc[nH]c(=O)c3[nH]2)cc1. The lowest BCUT2D eigenvalue weighted by Crippen LogP contribution is -2.21. The summed E-state index contributed by atoms with van der Waals surface area (Å²) in [6, 6.07) is 8.14. The first-order valence-electron chi connectivity index (χ1n) is 7.78. The summed E-state index contributed by atoms with van der Waals surface area (Å²) in [5.41, 5.74) is 5.32. The molecule has 0 bridgehead atoms. The third kappa shape index (κ3) is 3.27. The second kappa shape index (κ2) is 6.95. The largest absolute Gasteiger partial charge is 0.372 e. The highest BCUT2D eigenvalue weighted by molar-refractivity contribution is 5.81. The maximum atomic E-state index is 11.6. The molecule has 0 aliphatic heterocycles. The third-order valence-corrected chi connectivity index (χ3v) is 3.70. The first-order chi connectivity index (χ1) is 11.7. The van der Waals surface area contributed by atoms with Crippen LogP contribution in [0.15, 0.2) is 40.5 Å². The van der Waals surface area contributed by atoms with Gasteiger partial charge in [-0.15, -0.1) is 0 Å². The predicted molar refractivity (Wildman–Crippen MR) is 95.7 cm³/mol. The molecule has 1 aromatic carbocycles. The summed E-state index contributed by atoms with van der Waals surface area (Å²) < 4.78 is 0. The number of hydrogen-bond donors (Lipinski definition) is 3. The molecule has 0 saturated carbocycles. The molecule has 3 rings (SSSR count). The number of rotatable bonds is 6. The summed E-state index contributed by atoms with van der Waals surface area (Å²) in [6.07, 6.45) is 3.01. The van der Waals surface area contributed by atoms with E-state index < -0.39 is 0 Å². The van der Waals surface area contributed by atoms with Gasteiger partial charge in [-0.25, -0.2) is 10.4 Å². The normalized spacial score (nSPS) is 11.2. The number of H-pyrrole nitrogens is 2. The number of hydrogen-bond acceptors (Lipinski definition) is 6. The van der Waals surface area contributed by atoms with E-state index in [1.807, 2.05) is 12.1 Å². The van der Waals surface area contributed by atoms with Gasteiger partial charge >= 0.3 is 0 Å². The van der Waals surface area contributed by atoms with E-state index >= 15 is 0 Å². The monoisotopic (exact) mass is 325 g/mol. The number of aromatic amines is 2. The summed E-state index contributed by atoms with van der Waals surface area (Å²) >= 11 is 0. The van der Waals surface area contributed by atoms with E-state index in [-0.39, 0.29) is 5.56 Å². The van der Waals surface area contributed by atoms with Crippen LogP contribution >= 0.6 is 0 Å². The Balaban J connectivity index is 1.69. The molecule has 0 saturated heterocycles. The van der Waals surface area contributed by atoms with Crippen LogP contribution in [0.1, 0.15) is 19.4 Å². The molecule has 8 heteroatoms. The van der Waals surface area contributed by atoms with Gasteiger partial charge in [0, 0.05) is 18.8 Å². The minimum absolute atomic E-state index is 0.267. The van der Waals surface area contributed by atoms with Crippen molar-refractivity contribution >= 4 is 29.0 Å². The number of hydrazone groups is 1. The zero-order valence-corrected chi connectivity index (χ0v) is 13.6. The molecule has 0 spiro atoms. The number of fused-ring (bicyclic) bond motifs is 1. The summed E-state index contributed by atoms with van der Waals surface area (Å²) in [7, 11) is 0. The molecular weight excluding hydrogens is 306 g/mol. The average Bonchev–Trinajstić information content (AvgIpc) is 3.02. The van der Waals surface area contributed by atoms with Crippen molar-refractivity contribution in [2.75, 3.05) is 23.4 Å². The van der Waals surface area contributed by atoms with E-state index in [0.717, 1.165) is 18.7 Å². The van der Waals surface area contributed by atoms with Crippen LogP contribution < -0.4 is 15.9 Å². The van der Waals surface area contributed by atoms with Gasteiger partial charge in [0.15, 0.2) is 11.2 Å². The van der Waals surface area contributed by atoms with Crippen molar-refractivity contribution in [2.45, 2.75) is 13.8 Å². The smallest absolute Gasteiger partial charge is 0.276 e. The fourth-order valence-corrected chi connectivity index (χ4v) is 2.42. The Hall–Kier alpha value is -3.16. The van der Waals surface area contributed by atoms with Crippen LogP contribution in [-0.2, 0) is 0 Å². The molecule has 2 aromatic heterocycles. The molecule has 3 N–H and O–H groups in total. The highest BCUT2D eigenvalue weighted by Crippen LogP contribution is 2.14. The molecule has 0 aliphatic rings. The zero-order valence-electron chi connectivity index (χ0n) is 13.6. The molecule has 8 nitrogen and oxygen atoms in total. The molecular formula is C16H19N7O. The molecule has 2 heterocycles. The van der Waals surface area contributed by atoms with Crippen LogP contribution in [0.4, 0.5) is 11.6 Å². The molecule has 0 aliphatic carbocycles. The van der Waals surface area contributed by atoms with Crippen LogP contribution in [-0.4, -0.2) is 39.2 Å². The Morgan fingerprint density at radius 3 is 2.67 bits per heavy atom. The van der Waals surface area contributed by atoms with Crippen molar-refractivity contribution in [1.82, 2.24) is 19.9 Å². The number of aromatic nitrogens is 4. The number of benzene rings is 1. The Morgan fingerprint density at radius 2 is 2.00 bits per heavy atom. The zero-order chi connectivity index (χ0) is 16.9. The summed E-state index contributed by atoms with van der Waals surface area (Å²) in [5.74, 6) is 0.366. The first kappa shape index (κ1) is 15.7.